The van der Waals surface area contributed by atoms with E-state index >= 15 is 0 Å². The number of anilines is 1. The number of rotatable bonds is 7. The van der Waals surface area contributed by atoms with Gasteiger partial charge in [-0.05, 0) is 26.8 Å². The number of halogens is 1. The lowest BCUT2D eigenvalue weighted by Gasteiger charge is -2.29. The average Bonchev–Trinajstić information content (AvgIpc) is 3.04. The zero-order chi connectivity index (χ0) is 19.8. The molecule has 160 valence electrons. The van der Waals surface area contributed by atoms with Gasteiger partial charge in [-0.15, -0.1) is 35.3 Å². The molecule has 0 spiro atoms. The molecule has 0 aliphatic carbocycles. The van der Waals surface area contributed by atoms with E-state index in [2.05, 4.69) is 52.3 Å². The fraction of sp³-hybridized carbons (Fsp3) is 0.550. The molecule has 3 heterocycles. The van der Waals surface area contributed by atoms with Crippen LogP contribution in [0.4, 0.5) is 5.82 Å². The van der Waals surface area contributed by atoms with Crippen molar-refractivity contribution in [3.63, 3.8) is 0 Å². The van der Waals surface area contributed by atoms with Crippen molar-refractivity contribution in [2.24, 2.45) is 4.99 Å². The summed E-state index contributed by atoms with van der Waals surface area (Å²) in [7, 11) is 0. The lowest BCUT2D eigenvalue weighted by atomic mass is 10.2. The molecule has 0 atom stereocenters. The van der Waals surface area contributed by atoms with Crippen LogP contribution in [0.1, 0.15) is 28.1 Å². The van der Waals surface area contributed by atoms with Crippen LogP contribution in [0.15, 0.2) is 23.3 Å². The third kappa shape index (κ3) is 7.07. The second-order valence-corrected chi connectivity index (χ2v) is 7.99. The van der Waals surface area contributed by atoms with Crippen molar-refractivity contribution in [1.29, 1.82) is 0 Å². The highest BCUT2D eigenvalue weighted by Crippen LogP contribution is 2.19. The summed E-state index contributed by atoms with van der Waals surface area (Å²) in [5.74, 6) is 1.84. The number of nitrogens with one attached hydrogen (secondary N) is 2. The normalized spacial score (nSPS) is 14.4. The van der Waals surface area contributed by atoms with Gasteiger partial charge in [0.25, 0.3) is 0 Å². The van der Waals surface area contributed by atoms with E-state index in [1.54, 1.807) is 11.3 Å². The van der Waals surface area contributed by atoms with Gasteiger partial charge in [-0.3, -0.25) is 0 Å². The van der Waals surface area contributed by atoms with Crippen LogP contribution in [0.5, 0.6) is 0 Å². The lowest BCUT2D eigenvalue weighted by Crippen LogP contribution is -2.38. The summed E-state index contributed by atoms with van der Waals surface area (Å²) >= 11 is 1.77. The van der Waals surface area contributed by atoms with Crippen LogP contribution in [0.2, 0.25) is 0 Å². The summed E-state index contributed by atoms with van der Waals surface area (Å²) in [5, 5.41) is 7.91. The molecule has 9 heteroatoms. The van der Waals surface area contributed by atoms with Crippen LogP contribution in [0, 0.1) is 13.8 Å². The first-order chi connectivity index (χ1) is 13.7. The van der Waals surface area contributed by atoms with Gasteiger partial charge in [-0.1, -0.05) is 6.07 Å². The second-order valence-electron chi connectivity index (χ2n) is 6.71. The molecule has 1 saturated heterocycles. The Labute approximate surface area is 194 Å². The van der Waals surface area contributed by atoms with Crippen LogP contribution in [0.25, 0.3) is 0 Å². The maximum atomic E-state index is 5.46. The van der Waals surface area contributed by atoms with Crippen molar-refractivity contribution in [2.75, 3.05) is 44.3 Å². The quantitative estimate of drug-likeness (QED) is 0.326. The van der Waals surface area contributed by atoms with Crippen LogP contribution in [-0.2, 0) is 17.7 Å². The molecule has 2 aromatic heterocycles. The van der Waals surface area contributed by atoms with E-state index in [0.29, 0.717) is 6.54 Å². The number of hydrogen-bond acceptors (Lipinski definition) is 6. The van der Waals surface area contributed by atoms with Gasteiger partial charge >= 0.3 is 0 Å². The maximum Gasteiger partial charge on any atom is 0.191 e. The Hall–Kier alpha value is -1.46. The highest BCUT2D eigenvalue weighted by Gasteiger charge is 2.15. The van der Waals surface area contributed by atoms with Crippen molar-refractivity contribution in [2.45, 2.75) is 33.7 Å². The molecule has 2 aromatic rings. The van der Waals surface area contributed by atoms with Crippen molar-refractivity contribution in [3.8, 4) is 0 Å². The van der Waals surface area contributed by atoms with Crippen LogP contribution >= 0.6 is 35.3 Å². The SMILES string of the molecule is CCNC(=NCc1cccnc1N1CCOCC1)NCCc1nc(C)c(C)s1.I. The number of hydrogen-bond donors (Lipinski definition) is 2. The molecule has 3 rings (SSSR count). The number of guanidine groups is 1. The standard InChI is InChI=1S/C20H30N6OS.HI/c1-4-21-20(23-9-7-18-25-15(2)16(3)28-18)24-14-17-6-5-8-22-19(17)26-10-12-27-13-11-26;/h5-6,8H,4,7,9-14H2,1-3H3,(H2,21,23,24);1H. The number of ether oxygens (including phenoxy) is 1. The van der Waals surface area contributed by atoms with E-state index < -0.39 is 0 Å². The highest BCUT2D eigenvalue weighted by atomic mass is 127. The molecule has 1 aliphatic rings. The fourth-order valence-electron chi connectivity index (χ4n) is 3.05. The van der Waals surface area contributed by atoms with Crippen LogP contribution in [0.3, 0.4) is 0 Å². The van der Waals surface area contributed by atoms with Gasteiger partial charge in [0.15, 0.2) is 5.96 Å². The third-order valence-corrected chi connectivity index (χ3v) is 5.77. The van der Waals surface area contributed by atoms with E-state index in [1.807, 2.05) is 12.3 Å². The van der Waals surface area contributed by atoms with Gasteiger partial charge in [-0.2, -0.15) is 0 Å². The summed E-state index contributed by atoms with van der Waals surface area (Å²) < 4.78 is 5.46. The van der Waals surface area contributed by atoms with Gasteiger partial charge in [0.1, 0.15) is 5.82 Å². The summed E-state index contributed by atoms with van der Waals surface area (Å²) in [6.45, 7) is 11.7. The molecule has 0 bridgehead atoms. The molecular formula is C20H31IN6OS. The monoisotopic (exact) mass is 530 g/mol. The highest BCUT2D eigenvalue weighted by molar-refractivity contribution is 14.0. The minimum Gasteiger partial charge on any atom is -0.378 e. The Balaban J connectivity index is 0.00000300. The second kappa shape index (κ2) is 12.3. The predicted octanol–water partition coefficient (Wildman–Crippen LogP) is 2.91. The molecule has 0 unspecified atom stereocenters. The van der Waals surface area contributed by atoms with Crippen molar-refractivity contribution >= 4 is 47.1 Å². The van der Waals surface area contributed by atoms with Crippen molar-refractivity contribution in [3.05, 3.63) is 39.5 Å². The number of aromatic nitrogens is 2. The zero-order valence-corrected chi connectivity index (χ0v) is 20.5. The number of aryl methyl sites for hydroxylation is 2. The molecule has 29 heavy (non-hydrogen) atoms. The number of thiazole rings is 1. The number of morpholine rings is 1. The topological polar surface area (TPSA) is 74.7 Å². The molecule has 0 saturated carbocycles. The summed E-state index contributed by atoms with van der Waals surface area (Å²) in [6, 6.07) is 4.08. The average molecular weight is 530 g/mol. The van der Waals surface area contributed by atoms with E-state index in [9.17, 15) is 0 Å². The number of nitrogens with zero attached hydrogens (tertiary/aromatic N) is 4. The molecular weight excluding hydrogens is 499 g/mol. The summed E-state index contributed by atoms with van der Waals surface area (Å²) in [5.41, 5.74) is 2.26. The minimum atomic E-state index is 0. The fourth-order valence-corrected chi connectivity index (χ4v) is 3.99. The first-order valence-corrected chi connectivity index (χ1v) is 10.7. The molecule has 0 radical (unpaired) electrons. The Morgan fingerprint density at radius 2 is 2.07 bits per heavy atom. The number of pyridine rings is 1. The van der Waals surface area contributed by atoms with Crippen molar-refractivity contribution in [1.82, 2.24) is 20.6 Å². The maximum absolute atomic E-state index is 5.46. The minimum absolute atomic E-state index is 0. The van der Waals surface area contributed by atoms with Crippen LogP contribution < -0.4 is 15.5 Å². The molecule has 0 aromatic carbocycles. The van der Waals surface area contributed by atoms with Crippen molar-refractivity contribution < 1.29 is 4.74 Å². The van der Waals surface area contributed by atoms with Gasteiger partial charge in [0, 0.05) is 49.2 Å². The Morgan fingerprint density at radius 1 is 1.28 bits per heavy atom. The van der Waals surface area contributed by atoms with Gasteiger partial charge < -0.3 is 20.3 Å². The molecule has 0 amide bonds. The summed E-state index contributed by atoms with van der Waals surface area (Å²) in [6.07, 6.45) is 2.75. The van der Waals surface area contributed by atoms with E-state index in [1.165, 1.54) is 9.88 Å². The number of aliphatic imine (C=N–C) groups is 1. The van der Waals surface area contributed by atoms with Gasteiger partial charge in [-0.25, -0.2) is 15.0 Å². The summed E-state index contributed by atoms with van der Waals surface area (Å²) in [4.78, 5) is 17.5. The van der Waals surface area contributed by atoms with Crippen LogP contribution in [-0.4, -0.2) is 55.3 Å². The van der Waals surface area contributed by atoms with E-state index in [4.69, 9.17) is 9.73 Å². The Kier molecular flexibility index (Phi) is 10.1. The predicted molar refractivity (Wildman–Crippen MR) is 131 cm³/mol. The lowest BCUT2D eigenvalue weighted by molar-refractivity contribution is 0.122. The third-order valence-electron chi connectivity index (χ3n) is 4.63. The molecule has 1 aliphatic heterocycles. The van der Waals surface area contributed by atoms with Gasteiger partial charge in [0.2, 0.25) is 0 Å². The van der Waals surface area contributed by atoms with Gasteiger partial charge in [0.05, 0.1) is 30.5 Å². The van der Waals surface area contributed by atoms with E-state index in [-0.39, 0.29) is 24.0 Å². The first kappa shape index (κ1) is 23.8. The van der Waals surface area contributed by atoms with E-state index in [0.717, 1.165) is 68.8 Å². The molecule has 7 nitrogen and oxygen atoms in total. The molecule has 1 fully saturated rings. The smallest absolute Gasteiger partial charge is 0.191 e. The molecule has 2 N–H and O–H groups in total. The Bertz CT molecular complexity index is 772. The largest absolute Gasteiger partial charge is 0.378 e. The Morgan fingerprint density at radius 3 is 2.76 bits per heavy atom. The zero-order valence-electron chi connectivity index (χ0n) is 17.4. The first-order valence-electron chi connectivity index (χ1n) is 9.89.